The molecule has 4 heterocycles. The van der Waals surface area contributed by atoms with Gasteiger partial charge in [-0.2, -0.15) is 8.42 Å². The topological polar surface area (TPSA) is 196 Å². The molecule has 216 valence electrons. The molecule has 39 heavy (non-hydrogen) atoms. The maximum atomic E-state index is 14.9. The first-order valence-electron chi connectivity index (χ1n) is 12.1. The number of carboxylic acid groups (broad SMARTS) is 1. The molecule has 3 fully saturated rings. The largest absolute Gasteiger partial charge is 0.477 e. The van der Waals surface area contributed by atoms with E-state index < -0.39 is 27.3 Å². The maximum absolute atomic E-state index is 14.9. The number of hydrogen-bond donors (Lipinski definition) is 3. The molecule has 1 aliphatic carbocycles. The summed E-state index contributed by atoms with van der Waals surface area (Å²) in [6, 6.07) is 1.14. The van der Waals surface area contributed by atoms with Crippen LogP contribution in [0.3, 0.4) is 0 Å². The molecule has 0 radical (unpaired) electrons. The van der Waals surface area contributed by atoms with Gasteiger partial charge in [0.1, 0.15) is 18.3 Å². The second kappa shape index (κ2) is 13.3. The Morgan fingerprint density at radius 2 is 1.87 bits per heavy atom. The molecule has 2 saturated heterocycles. The van der Waals surface area contributed by atoms with E-state index in [4.69, 9.17) is 24.6 Å². The standard InChI is InChI=1S/C18H20FN5O4.C4H8O2.CH4O3S/c1-28-22-14-8-23(6-9(14)5-20)17-13(19)4-11-15(25)12(18(26)27)7-24(10-2-3-10)16(11)21-17;1-2-6-4-3-5-1;1-5(2,3)4/h4,7,9-10H,2-3,5-6,8,20H2,1H3,(H,26,27);1-4H2;1H3,(H,2,3,4)/b22-14+;;. The van der Waals surface area contributed by atoms with E-state index in [0.29, 0.717) is 31.6 Å². The van der Waals surface area contributed by atoms with Crippen molar-refractivity contribution in [2.75, 3.05) is 64.3 Å². The number of aromatic carboxylic acids is 1. The monoisotopic (exact) mass is 573 g/mol. The van der Waals surface area contributed by atoms with Crippen LogP contribution in [0.25, 0.3) is 11.0 Å². The fraction of sp³-hybridized carbons (Fsp3) is 0.565. The van der Waals surface area contributed by atoms with E-state index in [1.165, 1.54) is 13.3 Å². The Morgan fingerprint density at radius 3 is 2.33 bits per heavy atom. The molecule has 16 heteroatoms. The molecule has 14 nitrogen and oxygen atoms in total. The molecule has 2 aromatic heterocycles. The maximum Gasteiger partial charge on any atom is 0.341 e. The van der Waals surface area contributed by atoms with Crippen LogP contribution in [0.1, 0.15) is 29.2 Å². The van der Waals surface area contributed by atoms with Crippen molar-refractivity contribution < 1.29 is 41.6 Å². The van der Waals surface area contributed by atoms with Crippen LogP contribution in [0.2, 0.25) is 0 Å². The van der Waals surface area contributed by atoms with Crippen molar-refractivity contribution in [2.45, 2.75) is 18.9 Å². The lowest BCUT2D eigenvalue weighted by atomic mass is 10.1. The lowest BCUT2D eigenvalue weighted by molar-refractivity contribution is -0.0334. The van der Waals surface area contributed by atoms with E-state index in [1.54, 1.807) is 9.47 Å². The molecular weight excluding hydrogens is 541 g/mol. The molecule has 5 rings (SSSR count). The summed E-state index contributed by atoms with van der Waals surface area (Å²) in [6.45, 7) is 4.18. The Hall–Kier alpha value is -3.18. The number of fused-ring (bicyclic) bond motifs is 1. The summed E-state index contributed by atoms with van der Waals surface area (Å²) < 4.78 is 52.3. The van der Waals surface area contributed by atoms with Crippen LogP contribution >= 0.6 is 0 Å². The number of rotatable bonds is 5. The van der Waals surface area contributed by atoms with Crippen molar-refractivity contribution in [2.24, 2.45) is 16.8 Å². The lowest BCUT2D eigenvalue weighted by Gasteiger charge is -2.19. The third-order valence-electron chi connectivity index (χ3n) is 5.91. The molecule has 0 aromatic carbocycles. The van der Waals surface area contributed by atoms with Gasteiger partial charge < -0.3 is 34.6 Å². The highest BCUT2D eigenvalue weighted by Crippen LogP contribution is 2.37. The van der Waals surface area contributed by atoms with Gasteiger partial charge in [0.05, 0.1) is 50.3 Å². The number of halogens is 1. The third-order valence-corrected chi connectivity index (χ3v) is 5.91. The van der Waals surface area contributed by atoms with Crippen LogP contribution in [0.4, 0.5) is 10.2 Å². The zero-order valence-corrected chi connectivity index (χ0v) is 22.4. The first-order valence-corrected chi connectivity index (χ1v) is 13.9. The highest BCUT2D eigenvalue weighted by atomic mass is 32.2. The minimum absolute atomic E-state index is 0.0339. The number of nitrogens with zero attached hydrogens (tertiary/aromatic N) is 4. The lowest BCUT2D eigenvalue weighted by Crippen LogP contribution is -2.26. The molecule has 1 atom stereocenters. The number of anilines is 1. The quantitative estimate of drug-likeness (QED) is 0.331. The van der Waals surface area contributed by atoms with Gasteiger partial charge in [-0.25, -0.2) is 14.2 Å². The summed E-state index contributed by atoms with van der Waals surface area (Å²) in [6.07, 6.45) is 3.74. The summed E-state index contributed by atoms with van der Waals surface area (Å²) in [5.74, 6) is -2.03. The molecule has 0 spiro atoms. The Morgan fingerprint density at radius 1 is 1.28 bits per heavy atom. The number of carbonyl (C=O) groups is 1. The van der Waals surface area contributed by atoms with Gasteiger partial charge in [0, 0.05) is 31.2 Å². The SMILES string of the molecule is C1COCCO1.CO/N=C1\CN(c2nc3c(cc2F)c(=O)c(C(=O)O)cn3C2CC2)CC1CN.CS(=O)(=O)O. The van der Waals surface area contributed by atoms with Gasteiger partial charge >= 0.3 is 5.97 Å². The van der Waals surface area contributed by atoms with Gasteiger partial charge in [0.25, 0.3) is 10.1 Å². The van der Waals surface area contributed by atoms with Crippen molar-refractivity contribution in [1.82, 2.24) is 9.55 Å². The zero-order chi connectivity index (χ0) is 28.7. The number of nitrogens with two attached hydrogens (primary N) is 1. The molecule has 4 N–H and O–H groups in total. The normalized spacial score (nSPS) is 20.2. The van der Waals surface area contributed by atoms with E-state index in [2.05, 4.69) is 10.1 Å². The van der Waals surface area contributed by atoms with E-state index in [0.717, 1.165) is 45.3 Å². The molecule has 2 aromatic rings. The molecule has 1 unspecified atom stereocenters. The highest BCUT2D eigenvalue weighted by molar-refractivity contribution is 7.85. The number of oxime groups is 1. The smallest absolute Gasteiger partial charge is 0.341 e. The fourth-order valence-electron chi connectivity index (χ4n) is 4.04. The predicted molar refractivity (Wildman–Crippen MR) is 140 cm³/mol. The minimum atomic E-state index is -3.67. The van der Waals surface area contributed by atoms with Crippen molar-refractivity contribution in [3.05, 3.63) is 33.9 Å². The first kappa shape index (κ1) is 30.4. The van der Waals surface area contributed by atoms with Crippen LogP contribution in [0.15, 0.2) is 22.2 Å². The van der Waals surface area contributed by atoms with E-state index in [1.807, 2.05) is 0 Å². The van der Waals surface area contributed by atoms with Gasteiger partial charge in [0.15, 0.2) is 11.6 Å². The van der Waals surface area contributed by atoms with Crippen molar-refractivity contribution >= 4 is 38.7 Å². The van der Waals surface area contributed by atoms with Crippen molar-refractivity contribution in [3.63, 3.8) is 0 Å². The summed E-state index contributed by atoms with van der Waals surface area (Å²) in [5.41, 5.74) is 5.65. The van der Waals surface area contributed by atoms with Crippen LogP contribution in [0, 0.1) is 11.7 Å². The summed E-state index contributed by atoms with van der Waals surface area (Å²) in [5, 5.41) is 13.2. The minimum Gasteiger partial charge on any atom is -0.477 e. The highest BCUT2D eigenvalue weighted by Gasteiger charge is 2.33. The number of pyridine rings is 2. The molecule has 0 bridgehead atoms. The van der Waals surface area contributed by atoms with Gasteiger partial charge in [-0.3, -0.25) is 9.35 Å². The molecule has 3 aliphatic rings. The van der Waals surface area contributed by atoms with Crippen LogP contribution in [-0.4, -0.2) is 98.7 Å². The molecule has 1 saturated carbocycles. The first-order chi connectivity index (χ1) is 18.4. The van der Waals surface area contributed by atoms with E-state index >= 15 is 0 Å². The van der Waals surface area contributed by atoms with Crippen molar-refractivity contribution in [3.8, 4) is 0 Å². The average Bonchev–Trinajstić information content (AvgIpc) is 3.64. The van der Waals surface area contributed by atoms with Gasteiger partial charge in [-0.15, -0.1) is 0 Å². The van der Waals surface area contributed by atoms with Crippen LogP contribution in [0.5, 0.6) is 0 Å². The van der Waals surface area contributed by atoms with Crippen molar-refractivity contribution in [1.29, 1.82) is 0 Å². The molecular formula is C23H32FN5O9S. The third kappa shape index (κ3) is 8.40. The zero-order valence-electron chi connectivity index (χ0n) is 21.6. The average molecular weight is 574 g/mol. The molecule has 0 amide bonds. The second-order valence-corrected chi connectivity index (χ2v) is 10.5. The number of aromatic nitrogens is 2. The van der Waals surface area contributed by atoms with Gasteiger partial charge in [-0.05, 0) is 18.9 Å². The summed E-state index contributed by atoms with van der Waals surface area (Å²) in [4.78, 5) is 34.9. The number of hydrogen-bond acceptors (Lipinski definition) is 11. The Kier molecular flexibility index (Phi) is 10.3. The van der Waals surface area contributed by atoms with Crippen LogP contribution < -0.4 is 16.1 Å². The Labute approximate surface area is 223 Å². The Bertz CT molecular complexity index is 1350. The van der Waals surface area contributed by atoms with Gasteiger partial charge in [-0.1, -0.05) is 5.16 Å². The van der Waals surface area contributed by atoms with E-state index in [9.17, 15) is 27.5 Å². The van der Waals surface area contributed by atoms with Crippen LogP contribution in [-0.2, 0) is 24.4 Å². The molecule has 2 aliphatic heterocycles. The number of ether oxygens (including phenoxy) is 2. The van der Waals surface area contributed by atoms with E-state index in [-0.39, 0.29) is 34.4 Å². The summed E-state index contributed by atoms with van der Waals surface area (Å²) >= 11 is 0. The van der Waals surface area contributed by atoms with Gasteiger partial charge in [0.2, 0.25) is 5.43 Å². The fourth-order valence-corrected chi connectivity index (χ4v) is 4.04. The predicted octanol–water partition coefficient (Wildman–Crippen LogP) is 0.503. The Balaban J connectivity index is 0.000000320. The second-order valence-electron chi connectivity index (χ2n) is 9.02. The summed E-state index contributed by atoms with van der Waals surface area (Å²) in [7, 11) is -2.23. The number of carboxylic acids is 1.